The van der Waals surface area contributed by atoms with E-state index in [-0.39, 0.29) is 18.0 Å². The number of carbonyl (C=O) groups excluding carboxylic acids is 1. The van der Waals surface area contributed by atoms with Gasteiger partial charge in [0.1, 0.15) is 11.4 Å². The number of nitrogens with zero attached hydrogens (tertiary/aromatic N) is 2. The zero-order chi connectivity index (χ0) is 12.3. The number of amides is 1. The molecule has 1 saturated heterocycles. The van der Waals surface area contributed by atoms with Gasteiger partial charge in [0.05, 0.1) is 6.04 Å². The number of hydrogen-bond donors (Lipinski definition) is 2. The first-order valence-electron chi connectivity index (χ1n) is 5.38. The molecule has 0 aliphatic carbocycles. The van der Waals surface area contributed by atoms with Crippen molar-refractivity contribution >= 4 is 11.9 Å². The number of ether oxygens (including phenoxy) is 1. The second-order valence-corrected chi connectivity index (χ2v) is 4.89. The number of amidine groups is 1. The smallest absolute Gasteiger partial charge is 0.410 e. The van der Waals surface area contributed by atoms with Gasteiger partial charge in [-0.25, -0.2) is 4.79 Å². The predicted molar refractivity (Wildman–Crippen MR) is 61.8 cm³/mol. The molecule has 0 radical (unpaired) electrons. The molecular formula is C10H20N4O2. The van der Waals surface area contributed by atoms with Crippen LogP contribution in [0.3, 0.4) is 0 Å². The Hall–Kier alpha value is -1.46. The van der Waals surface area contributed by atoms with Crippen molar-refractivity contribution in [2.75, 3.05) is 6.54 Å². The fourth-order valence-corrected chi connectivity index (χ4v) is 1.70. The molecule has 0 unspecified atom stereocenters. The Labute approximate surface area is 95.6 Å². The van der Waals surface area contributed by atoms with E-state index in [2.05, 4.69) is 5.10 Å². The van der Waals surface area contributed by atoms with Crippen molar-refractivity contribution in [3.8, 4) is 0 Å². The molecule has 1 rings (SSSR count). The van der Waals surface area contributed by atoms with Crippen LogP contribution in [0.2, 0.25) is 0 Å². The van der Waals surface area contributed by atoms with Gasteiger partial charge in [-0.1, -0.05) is 0 Å². The molecule has 4 N–H and O–H groups in total. The molecule has 6 nitrogen and oxygen atoms in total. The third-order valence-electron chi connectivity index (χ3n) is 2.37. The van der Waals surface area contributed by atoms with Crippen molar-refractivity contribution in [3.63, 3.8) is 0 Å². The standard InChI is InChI=1S/C10H20N4O2/c1-10(2,3)16-9(15)14-6-4-5-7(14)8(11)13-12/h7H,4-6,12H2,1-3H3,(H2,11,13)/t7-/m0/s1. The minimum atomic E-state index is -0.501. The van der Waals surface area contributed by atoms with E-state index in [4.69, 9.17) is 16.3 Å². The highest BCUT2D eigenvalue weighted by molar-refractivity contribution is 5.89. The Morgan fingerprint density at radius 3 is 2.62 bits per heavy atom. The van der Waals surface area contributed by atoms with Crippen LogP contribution in [0.25, 0.3) is 0 Å². The van der Waals surface area contributed by atoms with E-state index in [9.17, 15) is 4.79 Å². The van der Waals surface area contributed by atoms with E-state index in [0.717, 1.165) is 12.8 Å². The lowest BCUT2D eigenvalue weighted by Crippen LogP contribution is -2.46. The van der Waals surface area contributed by atoms with Crippen LogP contribution in [0.4, 0.5) is 4.79 Å². The summed E-state index contributed by atoms with van der Waals surface area (Å²) < 4.78 is 5.28. The lowest BCUT2D eigenvalue weighted by atomic mass is 10.2. The summed E-state index contributed by atoms with van der Waals surface area (Å²) >= 11 is 0. The monoisotopic (exact) mass is 228 g/mol. The molecule has 0 bridgehead atoms. The van der Waals surface area contributed by atoms with Crippen LogP contribution in [0.15, 0.2) is 5.10 Å². The highest BCUT2D eigenvalue weighted by Gasteiger charge is 2.34. The van der Waals surface area contributed by atoms with Crippen molar-refractivity contribution < 1.29 is 9.53 Å². The Kier molecular flexibility index (Phi) is 3.62. The van der Waals surface area contributed by atoms with Gasteiger partial charge in [0.25, 0.3) is 0 Å². The fraction of sp³-hybridized carbons (Fsp3) is 0.800. The van der Waals surface area contributed by atoms with E-state index < -0.39 is 5.60 Å². The van der Waals surface area contributed by atoms with Crippen molar-refractivity contribution in [1.29, 1.82) is 0 Å². The van der Waals surface area contributed by atoms with Crippen LogP contribution in [0, 0.1) is 0 Å². The molecule has 0 aromatic rings. The molecule has 1 amide bonds. The Balaban J connectivity index is 2.69. The minimum Gasteiger partial charge on any atom is -0.444 e. The largest absolute Gasteiger partial charge is 0.444 e. The van der Waals surface area contributed by atoms with E-state index in [1.54, 1.807) is 4.90 Å². The zero-order valence-corrected chi connectivity index (χ0v) is 10.1. The van der Waals surface area contributed by atoms with Crippen LogP contribution >= 0.6 is 0 Å². The van der Waals surface area contributed by atoms with Crippen LogP contribution in [-0.2, 0) is 4.74 Å². The summed E-state index contributed by atoms with van der Waals surface area (Å²) in [5.41, 5.74) is 5.14. The number of nitrogens with two attached hydrogens (primary N) is 2. The molecule has 16 heavy (non-hydrogen) atoms. The lowest BCUT2D eigenvalue weighted by Gasteiger charge is -2.28. The number of carbonyl (C=O) groups is 1. The van der Waals surface area contributed by atoms with Crippen molar-refractivity contribution in [2.24, 2.45) is 16.7 Å². The number of hydrogen-bond acceptors (Lipinski definition) is 4. The first-order valence-corrected chi connectivity index (χ1v) is 5.38. The zero-order valence-electron chi connectivity index (χ0n) is 10.1. The summed E-state index contributed by atoms with van der Waals surface area (Å²) in [4.78, 5) is 13.4. The molecule has 0 aromatic carbocycles. The molecule has 0 spiro atoms. The third kappa shape index (κ3) is 3.01. The summed E-state index contributed by atoms with van der Waals surface area (Å²) in [7, 11) is 0. The minimum absolute atomic E-state index is 0.222. The van der Waals surface area contributed by atoms with E-state index in [1.807, 2.05) is 20.8 Å². The highest BCUT2D eigenvalue weighted by Crippen LogP contribution is 2.20. The first kappa shape index (κ1) is 12.6. The number of likely N-dealkylation sites (tertiary alicyclic amines) is 1. The molecule has 92 valence electrons. The molecule has 0 saturated carbocycles. The third-order valence-corrected chi connectivity index (χ3v) is 2.37. The van der Waals surface area contributed by atoms with E-state index in [1.165, 1.54) is 0 Å². The SMILES string of the molecule is CC(C)(C)OC(=O)N1CCC[C@H]1/C(N)=N/N. The Morgan fingerprint density at radius 1 is 1.50 bits per heavy atom. The highest BCUT2D eigenvalue weighted by atomic mass is 16.6. The van der Waals surface area contributed by atoms with Gasteiger partial charge >= 0.3 is 6.09 Å². The maximum Gasteiger partial charge on any atom is 0.410 e. The molecule has 1 atom stereocenters. The quantitative estimate of drug-likeness (QED) is 0.298. The summed E-state index contributed by atoms with van der Waals surface area (Å²) in [5, 5.41) is 3.44. The fourth-order valence-electron chi connectivity index (χ4n) is 1.70. The van der Waals surface area contributed by atoms with Gasteiger partial charge in [0.15, 0.2) is 0 Å². The van der Waals surface area contributed by atoms with E-state index in [0.29, 0.717) is 6.54 Å². The summed E-state index contributed by atoms with van der Waals surface area (Å²) in [5.74, 6) is 5.41. The molecule has 1 aliphatic heterocycles. The second kappa shape index (κ2) is 4.59. The second-order valence-electron chi connectivity index (χ2n) is 4.89. The van der Waals surface area contributed by atoms with Gasteiger partial charge in [-0.15, -0.1) is 0 Å². The molecule has 6 heteroatoms. The normalized spacial score (nSPS) is 22.3. The Morgan fingerprint density at radius 2 is 2.12 bits per heavy atom. The van der Waals surface area contributed by atoms with Crippen molar-refractivity contribution in [1.82, 2.24) is 4.90 Å². The summed E-state index contributed by atoms with van der Waals surface area (Å²) in [6, 6.07) is -0.222. The van der Waals surface area contributed by atoms with Crippen molar-refractivity contribution in [2.45, 2.75) is 45.3 Å². The number of hydrazone groups is 1. The lowest BCUT2D eigenvalue weighted by molar-refractivity contribution is 0.0265. The van der Waals surface area contributed by atoms with Crippen LogP contribution < -0.4 is 11.6 Å². The molecule has 0 aromatic heterocycles. The van der Waals surface area contributed by atoms with Gasteiger partial charge in [0, 0.05) is 6.54 Å². The van der Waals surface area contributed by atoms with Gasteiger partial charge < -0.3 is 16.3 Å². The maximum atomic E-state index is 11.8. The average molecular weight is 228 g/mol. The first-order chi connectivity index (χ1) is 7.35. The van der Waals surface area contributed by atoms with Crippen LogP contribution in [0.1, 0.15) is 33.6 Å². The molecule has 1 fully saturated rings. The van der Waals surface area contributed by atoms with Gasteiger partial charge in [-0.2, -0.15) is 5.10 Å². The van der Waals surface area contributed by atoms with Crippen molar-refractivity contribution in [3.05, 3.63) is 0 Å². The average Bonchev–Trinajstić information content (AvgIpc) is 2.62. The number of rotatable bonds is 1. The van der Waals surface area contributed by atoms with E-state index >= 15 is 0 Å². The van der Waals surface area contributed by atoms with Crippen LogP contribution in [0.5, 0.6) is 0 Å². The van der Waals surface area contributed by atoms with Gasteiger partial charge in [-0.3, -0.25) is 4.90 Å². The van der Waals surface area contributed by atoms with Crippen LogP contribution in [-0.4, -0.2) is 35.0 Å². The Bertz CT molecular complexity index is 296. The molecular weight excluding hydrogens is 208 g/mol. The topological polar surface area (TPSA) is 93.9 Å². The maximum absolute atomic E-state index is 11.8. The predicted octanol–water partition coefficient (Wildman–Crippen LogP) is 0.617. The summed E-state index contributed by atoms with van der Waals surface area (Å²) in [6.07, 6.45) is 1.31. The molecule has 1 aliphatic rings. The van der Waals surface area contributed by atoms with Gasteiger partial charge in [0.2, 0.25) is 0 Å². The molecule has 1 heterocycles. The summed E-state index contributed by atoms with van der Waals surface area (Å²) in [6.45, 7) is 6.12. The van der Waals surface area contributed by atoms with Gasteiger partial charge in [-0.05, 0) is 33.6 Å².